The number of nitrogens with zero attached hydrogens (tertiary/aromatic N) is 3. The first-order valence-electron chi connectivity index (χ1n) is 5.52. The summed E-state index contributed by atoms with van der Waals surface area (Å²) in [7, 11) is 0. The molecule has 2 N–H and O–H groups in total. The number of esters is 1. The van der Waals surface area contributed by atoms with Crippen LogP contribution >= 0.6 is 0 Å². The number of nitrogens with two attached hydrogens (primary N) is 1. The molecule has 96 valence electrons. The molecule has 0 amide bonds. The van der Waals surface area contributed by atoms with Crippen LogP contribution in [-0.2, 0) is 11.3 Å². The lowest BCUT2D eigenvalue weighted by Gasteiger charge is -2.02. The highest BCUT2D eigenvalue weighted by Gasteiger charge is 2.21. The Kier molecular flexibility index (Phi) is 3.31. The molecule has 0 aliphatic heterocycles. The number of hydrogen-bond acceptors (Lipinski definition) is 6. The second kappa shape index (κ2) is 4.91. The van der Waals surface area contributed by atoms with Crippen LogP contribution in [0.4, 0.5) is 5.69 Å². The van der Waals surface area contributed by atoms with Crippen LogP contribution in [0.2, 0.25) is 0 Å². The molecule has 2 aromatic rings. The summed E-state index contributed by atoms with van der Waals surface area (Å²) in [6.45, 7) is 4.12. The van der Waals surface area contributed by atoms with E-state index in [-0.39, 0.29) is 5.69 Å². The van der Waals surface area contributed by atoms with Crippen molar-refractivity contribution in [3.05, 3.63) is 29.4 Å². The van der Waals surface area contributed by atoms with E-state index in [0.29, 0.717) is 30.2 Å². The summed E-state index contributed by atoms with van der Waals surface area (Å²) < 4.78 is 11.5. The molecule has 0 saturated heterocycles. The molecule has 0 saturated carbocycles. The van der Waals surface area contributed by atoms with E-state index in [2.05, 4.69) is 10.3 Å². The topological polar surface area (TPSA) is 96.2 Å². The maximum Gasteiger partial charge on any atom is 0.360 e. The summed E-state index contributed by atoms with van der Waals surface area (Å²) in [5.41, 5.74) is 6.97. The van der Waals surface area contributed by atoms with Crippen molar-refractivity contribution in [1.82, 2.24) is 14.9 Å². The molecule has 18 heavy (non-hydrogen) atoms. The molecule has 7 heteroatoms. The number of rotatable bonds is 4. The number of aryl methyl sites for hydroxylation is 1. The molecule has 0 spiro atoms. The van der Waals surface area contributed by atoms with E-state index >= 15 is 0 Å². The summed E-state index contributed by atoms with van der Waals surface area (Å²) in [6, 6.07) is 0. The zero-order valence-electron chi connectivity index (χ0n) is 10.2. The summed E-state index contributed by atoms with van der Waals surface area (Å²) >= 11 is 0. The molecule has 0 aliphatic rings. The van der Waals surface area contributed by atoms with E-state index in [0.717, 1.165) is 0 Å². The number of anilines is 1. The highest BCUT2D eigenvalue weighted by Crippen LogP contribution is 2.16. The second-order valence-corrected chi connectivity index (χ2v) is 3.76. The monoisotopic (exact) mass is 250 g/mol. The van der Waals surface area contributed by atoms with Gasteiger partial charge in [0.15, 0.2) is 5.69 Å². The second-order valence-electron chi connectivity index (χ2n) is 3.76. The van der Waals surface area contributed by atoms with Gasteiger partial charge in [-0.05, 0) is 13.8 Å². The Labute approximate surface area is 104 Å². The fraction of sp³-hybridized carbons (Fsp3) is 0.364. The Morgan fingerprint density at radius 2 is 2.39 bits per heavy atom. The molecule has 0 bridgehead atoms. The standard InChI is InChI=1S/C11H14N4O3/c1-3-17-11(16)10-9(7(2)18-14-10)6-15-5-8(12)4-13-15/h4-5H,3,6,12H2,1-2H3. The van der Waals surface area contributed by atoms with Crippen LogP contribution in [0, 0.1) is 6.92 Å². The van der Waals surface area contributed by atoms with Gasteiger partial charge in [-0.2, -0.15) is 5.10 Å². The molecule has 0 aromatic carbocycles. The summed E-state index contributed by atoms with van der Waals surface area (Å²) in [5, 5.41) is 7.76. The van der Waals surface area contributed by atoms with Crippen LogP contribution in [0.1, 0.15) is 28.7 Å². The van der Waals surface area contributed by atoms with Gasteiger partial charge in [-0.1, -0.05) is 5.16 Å². The number of carbonyl (C=O) groups excluding carboxylic acids is 1. The largest absolute Gasteiger partial charge is 0.461 e. The predicted molar refractivity (Wildman–Crippen MR) is 62.9 cm³/mol. The van der Waals surface area contributed by atoms with Gasteiger partial charge in [-0.15, -0.1) is 0 Å². The summed E-state index contributed by atoms with van der Waals surface area (Å²) in [6.07, 6.45) is 3.20. The number of aromatic nitrogens is 3. The Morgan fingerprint density at radius 1 is 1.61 bits per heavy atom. The zero-order valence-corrected chi connectivity index (χ0v) is 10.2. The molecular weight excluding hydrogens is 236 g/mol. The van der Waals surface area contributed by atoms with E-state index in [1.165, 1.54) is 6.20 Å². The molecule has 2 heterocycles. The lowest BCUT2D eigenvalue weighted by Crippen LogP contribution is -2.11. The first-order chi connectivity index (χ1) is 8.61. The quantitative estimate of drug-likeness (QED) is 0.813. The minimum Gasteiger partial charge on any atom is -0.461 e. The Hall–Kier alpha value is -2.31. The molecule has 2 aromatic heterocycles. The Balaban J connectivity index is 2.26. The molecule has 2 rings (SSSR count). The average molecular weight is 250 g/mol. The molecule has 0 radical (unpaired) electrons. The van der Waals surface area contributed by atoms with Crippen LogP contribution in [-0.4, -0.2) is 27.5 Å². The first kappa shape index (κ1) is 12.2. The minimum absolute atomic E-state index is 0.184. The van der Waals surface area contributed by atoms with Crippen molar-refractivity contribution >= 4 is 11.7 Å². The number of nitrogen functional groups attached to an aromatic ring is 1. The Morgan fingerprint density at radius 3 is 3.00 bits per heavy atom. The molecule has 7 nitrogen and oxygen atoms in total. The highest BCUT2D eigenvalue weighted by molar-refractivity contribution is 5.88. The average Bonchev–Trinajstić information content (AvgIpc) is 2.88. The molecular formula is C11H14N4O3. The Bertz CT molecular complexity index is 558. The highest BCUT2D eigenvalue weighted by atomic mass is 16.5. The molecule has 0 unspecified atom stereocenters. The predicted octanol–water partition coefficient (Wildman–Crippen LogP) is 0.987. The minimum atomic E-state index is -0.496. The lowest BCUT2D eigenvalue weighted by molar-refractivity contribution is 0.0513. The van der Waals surface area contributed by atoms with Gasteiger partial charge >= 0.3 is 5.97 Å². The van der Waals surface area contributed by atoms with Gasteiger partial charge in [0.05, 0.1) is 30.6 Å². The fourth-order valence-electron chi connectivity index (χ4n) is 1.57. The third kappa shape index (κ3) is 2.34. The van der Waals surface area contributed by atoms with Gasteiger partial charge in [0.1, 0.15) is 5.76 Å². The smallest absolute Gasteiger partial charge is 0.360 e. The van der Waals surface area contributed by atoms with Crippen molar-refractivity contribution in [3.63, 3.8) is 0 Å². The van der Waals surface area contributed by atoms with Crippen LogP contribution in [0.5, 0.6) is 0 Å². The van der Waals surface area contributed by atoms with Gasteiger partial charge in [0, 0.05) is 6.20 Å². The third-order valence-corrected chi connectivity index (χ3v) is 2.43. The van der Waals surface area contributed by atoms with Crippen molar-refractivity contribution in [2.75, 3.05) is 12.3 Å². The first-order valence-corrected chi connectivity index (χ1v) is 5.52. The van der Waals surface area contributed by atoms with Crippen molar-refractivity contribution in [2.24, 2.45) is 0 Å². The van der Waals surface area contributed by atoms with E-state index in [4.69, 9.17) is 15.0 Å². The van der Waals surface area contributed by atoms with Crippen molar-refractivity contribution in [1.29, 1.82) is 0 Å². The van der Waals surface area contributed by atoms with Crippen molar-refractivity contribution in [3.8, 4) is 0 Å². The maximum absolute atomic E-state index is 11.7. The normalized spacial score (nSPS) is 10.6. The van der Waals surface area contributed by atoms with E-state index in [1.807, 2.05) is 0 Å². The van der Waals surface area contributed by atoms with E-state index in [1.54, 1.807) is 24.7 Å². The summed E-state index contributed by atoms with van der Waals surface area (Å²) in [5.74, 6) is 0.0663. The van der Waals surface area contributed by atoms with E-state index in [9.17, 15) is 4.79 Å². The number of carbonyl (C=O) groups is 1. The van der Waals surface area contributed by atoms with Crippen molar-refractivity contribution in [2.45, 2.75) is 20.4 Å². The molecule has 0 aliphatic carbocycles. The van der Waals surface area contributed by atoms with Gasteiger partial charge < -0.3 is 15.0 Å². The lowest BCUT2D eigenvalue weighted by atomic mass is 10.2. The van der Waals surface area contributed by atoms with E-state index < -0.39 is 5.97 Å². The zero-order chi connectivity index (χ0) is 13.1. The van der Waals surface area contributed by atoms with Crippen LogP contribution in [0.25, 0.3) is 0 Å². The van der Waals surface area contributed by atoms with Crippen LogP contribution in [0.3, 0.4) is 0 Å². The van der Waals surface area contributed by atoms with Gasteiger partial charge in [-0.25, -0.2) is 4.79 Å². The van der Waals surface area contributed by atoms with Gasteiger partial charge in [0.2, 0.25) is 0 Å². The van der Waals surface area contributed by atoms with Gasteiger partial charge in [0.25, 0.3) is 0 Å². The molecule has 0 atom stereocenters. The van der Waals surface area contributed by atoms with Gasteiger partial charge in [-0.3, -0.25) is 4.68 Å². The summed E-state index contributed by atoms with van der Waals surface area (Å²) in [4.78, 5) is 11.7. The maximum atomic E-state index is 11.7. The molecule has 0 fully saturated rings. The third-order valence-electron chi connectivity index (χ3n) is 2.43. The van der Waals surface area contributed by atoms with Crippen molar-refractivity contribution < 1.29 is 14.1 Å². The number of ether oxygens (including phenoxy) is 1. The fourth-order valence-corrected chi connectivity index (χ4v) is 1.57. The van der Waals surface area contributed by atoms with Crippen LogP contribution < -0.4 is 5.73 Å². The van der Waals surface area contributed by atoms with Crippen LogP contribution in [0.15, 0.2) is 16.9 Å². The SMILES string of the molecule is CCOC(=O)c1noc(C)c1Cn1cc(N)cn1. The number of hydrogen-bond donors (Lipinski definition) is 1.